The van der Waals surface area contributed by atoms with E-state index in [9.17, 15) is 9.59 Å². The van der Waals surface area contributed by atoms with Gasteiger partial charge in [-0.15, -0.1) is 0 Å². The van der Waals surface area contributed by atoms with Crippen molar-refractivity contribution in [2.45, 2.75) is 72.6 Å². The lowest BCUT2D eigenvalue weighted by Gasteiger charge is -2.33. The van der Waals surface area contributed by atoms with Crippen molar-refractivity contribution >= 4 is 17.9 Å². The van der Waals surface area contributed by atoms with Gasteiger partial charge in [-0.3, -0.25) is 14.4 Å². The molecule has 1 aliphatic rings. The van der Waals surface area contributed by atoms with Gasteiger partial charge in [-0.05, 0) is 39.0 Å². The molecule has 0 aliphatic heterocycles. The molecule has 0 aromatic heterocycles. The molecule has 1 aliphatic carbocycles. The third-order valence-corrected chi connectivity index (χ3v) is 4.34. The minimum atomic E-state index is -0.833. The van der Waals surface area contributed by atoms with E-state index < -0.39 is 5.97 Å². The van der Waals surface area contributed by atoms with Gasteiger partial charge in [0.15, 0.2) is 0 Å². The quantitative estimate of drug-likeness (QED) is 0.664. The monoisotopic (exact) mass is 358 g/mol. The minimum absolute atomic E-state index is 0.212. The summed E-state index contributed by atoms with van der Waals surface area (Å²) in [4.78, 5) is 33.7. The van der Waals surface area contributed by atoms with Crippen LogP contribution in [0, 0.1) is 17.8 Å². The molecule has 0 bridgehead atoms. The zero-order chi connectivity index (χ0) is 19.2. The Labute approximate surface area is 151 Å². The molecule has 0 saturated heterocycles. The van der Waals surface area contributed by atoms with Crippen LogP contribution in [0.25, 0.3) is 0 Å². The van der Waals surface area contributed by atoms with Crippen LogP contribution in [0.5, 0.6) is 0 Å². The van der Waals surface area contributed by atoms with E-state index in [2.05, 4.69) is 0 Å². The number of carboxylic acids is 1. The summed E-state index contributed by atoms with van der Waals surface area (Å²) >= 11 is 0. The standard InChI is InChI=1S/C17H30O4.C2H4O2/c1-4-10-14(16(18)20-5-2)15(17(19)21-6-3)13-11-8-7-9-12-13;1-2(3)4/h13-15H,4-12H2,1-3H3;1H3,(H,3,4). The van der Waals surface area contributed by atoms with Crippen LogP contribution < -0.4 is 0 Å². The molecular formula is C19H34O6. The first kappa shape index (κ1) is 23.4. The van der Waals surface area contributed by atoms with Crippen LogP contribution in [-0.2, 0) is 23.9 Å². The lowest BCUT2D eigenvalue weighted by molar-refractivity contribution is -0.163. The highest BCUT2D eigenvalue weighted by Crippen LogP contribution is 2.37. The molecule has 6 heteroatoms. The zero-order valence-corrected chi connectivity index (χ0v) is 16.1. The van der Waals surface area contributed by atoms with Crippen molar-refractivity contribution in [3.8, 4) is 0 Å². The first-order chi connectivity index (χ1) is 11.9. The molecule has 1 fully saturated rings. The predicted molar refractivity (Wildman–Crippen MR) is 95.0 cm³/mol. The van der Waals surface area contributed by atoms with Crippen LogP contribution >= 0.6 is 0 Å². The molecule has 0 aromatic rings. The molecule has 2 unspecified atom stereocenters. The van der Waals surface area contributed by atoms with Crippen molar-refractivity contribution in [1.82, 2.24) is 0 Å². The maximum absolute atomic E-state index is 12.4. The largest absolute Gasteiger partial charge is 0.481 e. The Morgan fingerprint density at radius 3 is 1.88 bits per heavy atom. The highest BCUT2D eigenvalue weighted by Gasteiger charge is 2.40. The van der Waals surface area contributed by atoms with Crippen molar-refractivity contribution < 1.29 is 29.0 Å². The lowest BCUT2D eigenvalue weighted by Crippen LogP contribution is -2.38. The zero-order valence-electron chi connectivity index (χ0n) is 16.1. The van der Waals surface area contributed by atoms with Crippen molar-refractivity contribution in [3.05, 3.63) is 0 Å². The van der Waals surface area contributed by atoms with Crippen LogP contribution in [0.3, 0.4) is 0 Å². The average molecular weight is 358 g/mol. The Morgan fingerprint density at radius 2 is 1.44 bits per heavy atom. The van der Waals surface area contributed by atoms with Gasteiger partial charge >= 0.3 is 11.9 Å². The number of aliphatic carboxylic acids is 1. The highest BCUT2D eigenvalue weighted by molar-refractivity contribution is 5.82. The van der Waals surface area contributed by atoms with Gasteiger partial charge in [-0.1, -0.05) is 32.6 Å². The summed E-state index contributed by atoms with van der Waals surface area (Å²) in [5.74, 6) is -1.70. The summed E-state index contributed by atoms with van der Waals surface area (Å²) in [5.41, 5.74) is 0. The fourth-order valence-corrected chi connectivity index (χ4v) is 3.42. The Morgan fingerprint density at radius 1 is 0.960 bits per heavy atom. The molecule has 2 atom stereocenters. The topological polar surface area (TPSA) is 89.9 Å². The molecular weight excluding hydrogens is 324 g/mol. The van der Waals surface area contributed by atoms with E-state index in [-0.39, 0.29) is 29.7 Å². The number of ether oxygens (including phenoxy) is 2. The number of esters is 2. The van der Waals surface area contributed by atoms with Crippen molar-refractivity contribution in [2.24, 2.45) is 17.8 Å². The predicted octanol–water partition coefficient (Wildman–Crippen LogP) is 3.82. The summed E-state index contributed by atoms with van der Waals surface area (Å²) in [5, 5.41) is 7.42. The maximum atomic E-state index is 12.4. The molecule has 6 nitrogen and oxygen atoms in total. The number of hydrogen-bond acceptors (Lipinski definition) is 5. The van der Waals surface area contributed by atoms with Gasteiger partial charge in [0, 0.05) is 6.92 Å². The molecule has 1 N–H and O–H groups in total. The molecule has 0 radical (unpaired) electrons. The van der Waals surface area contributed by atoms with E-state index in [1.807, 2.05) is 13.8 Å². The van der Waals surface area contributed by atoms with E-state index >= 15 is 0 Å². The summed E-state index contributed by atoms with van der Waals surface area (Å²) in [7, 11) is 0. The van der Waals surface area contributed by atoms with E-state index in [1.165, 1.54) is 6.42 Å². The van der Waals surface area contributed by atoms with E-state index in [0.29, 0.717) is 19.6 Å². The van der Waals surface area contributed by atoms with Crippen LogP contribution in [0.15, 0.2) is 0 Å². The SMILES string of the molecule is CC(=O)O.CCCC(C(=O)OCC)C(C(=O)OCC)C1CCCCC1. The molecule has 146 valence electrons. The number of hydrogen-bond donors (Lipinski definition) is 1. The molecule has 1 saturated carbocycles. The third-order valence-electron chi connectivity index (χ3n) is 4.34. The summed E-state index contributed by atoms with van der Waals surface area (Å²) in [6.45, 7) is 7.47. The van der Waals surface area contributed by atoms with Gasteiger partial charge in [-0.25, -0.2) is 0 Å². The Balaban J connectivity index is 0.00000129. The van der Waals surface area contributed by atoms with Crippen molar-refractivity contribution in [1.29, 1.82) is 0 Å². The normalized spacial score (nSPS) is 16.8. The van der Waals surface area contributed by atoms with E-state index in [0.717, 1.165) is 39.0 Å². The van der Waals surface area contributed by atoms with Gasteiger partial charge < -0.3 is 14.6 Å². The molecule has 0 heterocycles. The van der Waals surface area contributed by atoms with Gasteiger partial charge in [0.25, 0.3) is 5.97 Å². The Bertz CT molecular complexity index is 397. The first-order valence-corrected chi connectivity index (χ1v) is 9.41. The van der Waals surface area contributed by atoms with Crippen molar-refractivity contribution in [3.63, 3.8) is 0 Å². The van der Waals surface area contributed by atoms with Crippen LogP contribution in [-0.4, -0.2) is 36.2 Å². The number of rotatable bonds is 8. The van der Waals surface area contributed by atoms with E-state index in [1.54, 1.807) is 6.92 Å². The summed E-state index contributed by atoms with van der Waals surface area (Å²) < 4.78 is 10.5. The minimum Gasteiger partial charge on any atom is -0.481 e. The second-order valence-corrected chi connectivity index (χ2v) is 6.34. The van der Waals surface area contributed by atoms with Gasteiger partial charge in [0.05, 0.1) is 25.0 Å². The van der Waals surface area contributed by atoms with E-state index in [4.69, 9.17) is 19.4 Å². The number of carbonyl (C=O) groups is 3. The molecule has 0 amide bonds. The molecule has 1 rings (SSSR count). The Kier molecular flexibility index (Phi) is 12.8. The van der Waals surface area contributed by atoms with Gasteiger partial charge in [-0.2, -0.15) is 0 Å². The Hall–Kier alpha value is -1.59. The molecule has 25 heavy (non-hydrogen) atoms. The smallest absolute Gasteiger partial charge is 0.310 e. The number of carbonyl (C=O) groups excluding carboxylic acids is 2. The number of carboxylic acid groups (broad SMARTS) is 1. The second-order valence-electron chi connectivity index (χ2n) is 6.34. The van der Waals surface area contributed by atoms with Gasteiger partial charge in [0.2, 0.25) is 0 Å². The maximum Gasteiger partial charge on any atom is 0.310 e. The van der Waals surface area contributed by atoms with Crippen LogP contribution in [0.2, 0.25) is 0 Å². The van der Waals surface area contributed by atoms with Crippen LogP contribution in [0.1, 0.15) is 72.6 Å². The van der Waals surface area contributed by atoms with Crippen molar-refractivity contribution in [2.75, 3.05) is 13.2 Å². The highest BCUT2D eigenvalue weighted by atomic mass is 16.5. The summed E-state index contributed by atoms with van der Waals surface area (Å²) in [6, 6.07) is 0. The first-order valence-electron chi connectivity index (χ1n) is 9.41. The summed E-state index contributed by atoms with van der Waals surface area (Å²) in [6.07, 6.45) is 7.10. The van der Waals surface area contributed by atoms with Gasteiger partial charge in [0.1, 0.15) is 0 Å². The molecule has 0 spiro atoms. The molecule has 0 aromatic carbocycles. The second kappa shape index (κ2) is 13.7. The fourth-order valence-electron chi connectivity index (χ4n) is 3.42. The van der Waals surface area contributed by atoms with Crippen LogP contribution in [0.4, 0.5) is 0 Å². The lowest BCUT2D eigenvalue weighted by atomic mass is 9.72. The fraction of sp³-hybridized carbons (Fsp3) is 0.842. The average Bonchev–Trinajstić information content (AvgIpc) is 2.55. The third kappa shape index (κ3) is 9.46.